The van der Waals surface area contributed by atoms with E-state index in [1.54, 1.807) is 6.92 Å². The van der Waals surface area contributed by atoms with E-state index in [-0.39, 0.29) is 17.2 Å². The van der Waals surface area contributed by atoms with Crippen molar-refractivity contribution in [3.05, 3.63) is 0 Å². The van der Waals surface area contributed by atoms with Gasteiger partial charge in [0.25, 0.3) is 0 Å². The van der Waals surface area contributed by atoms with Crippen LogP contribution < -0.4 is 0 Å². The molecule has 0 aromatic carbocycles. The number of piperazine rings is 1. The number of fused-ring (bicyclic) bond motifs is 3. The van der Waals surface area contributed by atoms with Crippen LogP contribution in [0.15, 0.2) is 0 Å². The Morgan fingerprint density at radius 3 is 2.41 bits per heavy atom. The highest BCUT2D eigenvalue weighted by Crippen LogP contribution is 2.63. The lowest BCUT2D eigenvalue weighted by Crippen LogP contribution is -2.52. The summed E-state index contributed by atoms with van der Waals surface area (Å²) < 4.78 is 0. The molecule has 3 saturated carbocycles. The molecule has 3 aliphatic carbocycles. The minimum atomic E-state index is 0.147. The molecule has 4 aliphatic rings. The van der Waals surface area contributed by atoms with Crippen molar-refractivity contribution in [2.75, 3.05) is 39.3 Å². The third-order valence-corrected chi connectivity index (χ3v) is 10.3. The van der Waals surface area contributed by atoms with Gasteiger partial charge in [0.05, 0.1) is 6.54 Å². The number of carbonyl (C=O) groups is 2. The zero-order valence-corrected chi connectivity index (χ0v) is 20.7. The number of rotatable bonds is 7. The summed E-state index contributed by atoms with van der Waals surface area (Å²) in [6, 6.07) is 0. The molecular formula is C27H46N2O3. The van der Waals surface area contributed by atoms with Crippen LogP contribution in [0.25, 0.3) is 0 Å². The van der Waals surface area contributed by atoms with Crippen LogP contribution in [0.3, 0.4) is 0 Å². The van der Waals surface area contributed by atoms with Gasteiger partial charge in [-0.15, -0.1) is 0 Å². The fourth-order valence-electron chi connectivity index (χ4n) is 8.60. The summed E-state index contributed by atoms with van der Waals surface area (Å²) in [7, 11) is 0. The van der Waals surface area contributed by atoms with Crippen LogP contribution >= 0.6 is 0 Å². The van der Waals surface area contributed by atoms with Gasteiger partial charge in [0.15, 0.2) is 0 Å². The SMILES string of the molecule is CC[C@H]1CC[C@@H]2[C@H](CC[C@]3(C)[C@@H](C(=O)CN4CCN(C(C)=O)CC4)CC[C@@H]23)[C@H]1CCCO. The van der Waals surface area contributed by atoms with E-state index in [9.17, 15) is 14.7 Å². The molecule has 182 valence electrons. The van der Waals surface area contributed by atoms with Crippen molar-refractivity contribution < 1.29 is 14.7 Å². The molecule has 0 spiro atoms. The van der Waals surface area contributed by atoms with Crippen molar-refractivity contribution in [2.24, 2.45) is 40.9 Å². The first-order valence-corrected chi connectivity index (χ1v) is 13.5. The summed E-state index contributed by atoms with van der Waals surface area (Å²) in [6.45, 7) is 10.5. The van der Waals surface area contributed by atoms with E-state index in [2.05, 4.69) is 18.7 Å². The Morgan fingerprint density at radius 1 is 1.00 bits per heavy atom. The normalized spacial score (nSPS) is 40.1. The van der Waals surface area contributed by atoms with Crippen molar-refractivity contribution in [1.82, 2.24) is 9.80 Å². The van der Waals surface area contributed by atoms with Gasteiger partial charge >= 0.3 is 0 Å². The second-order valence-electron chi connectivity index (χ2n) is 11.6. The first kappa shape index (κ1) is 24.2. The summed E-state index contributed by atoms with van der Waals surface area (Å²) in [6.07, 6.45) is 10.9. The van der Waals surface area contributed by atoms with Crippen molar-refractivity contribution in [3.8, 4) is 0 Å². The van der Waals surface area contributed by atoms with Crippen molar-refractivity contribution in [3.63, 3.8) is 0 Å². The third-order valence-electron chi connectivity index (χ3n) is 10.3. The molecule has 0 unspecified atom stereocenters. The quantitative estimate of drug-likeness (QED) is 0.642. The number of aliphatic hydroxyl groups excluding tert-OH is 1. The van der Waals surface area contributed by atoms with Gasteiger partial charge < -0.3 is 10.0 Å². The topological polar surface area (TPSA) is 60.9 Å². The Hall–Kier alpha value is -0.940. The van der Waals surface area contributed by atoms with Crippen LogP contribution in [-0.2, 0) is 9.59 Å². The maximum atomic E-state index is 13.5. The van der Waals surface area contributed by atoms with Crippen LogP contribution in [0.4, 0.5) is 0 Å². The lowest BCUT2D eigenvalue weighted by Gasteiger charge is -2.54. The zero-order valence-electron chi connectivity index (χ0n) is 20.7. The molecule has 0 aromatic heterocycles. The molecule has 4 fully saturated rings. The predicted molar refractivity (Wildman–Crippen MR) is 127 cm³/mol. The van der Waals surface area contributed by atoms with E-state index in [1.165, 1.54) is 44.9 Å². The number of aliphatic hydroxyl groups is 1. The molecule has 5 nitrogen and oxygen atoms in total. The van der Waals surface area contributed by atoms with Crippen LogP contribution in [-0.4, -0.2) is 65.9 Å². The molecule has 0 bridgehead atoms. The number of amides is 1. The molecular weight excluding hydrogens is 400 g/mol. The average molecular weight is 447 g/mol. The number of hydrogen-bond acceptors (Lipinski definition) is 4. The maximum absolute atomic E-state index is 13.5. The van der Waals surface area contributed by atoms with Crippen LogP contribution in [0.5, 0.6) is 0 Å². The van der Waals surface area contributed by atoms with E-state index >= 15 is 0 Å². The van der Waals surface area contributed by atoms with Gasteiger partial charge in [-0.25, -0.2) is 0 Å². The molecule has 1 heterocycles. The summed E-state index contributed by atoms with van der Waals surface area (Å²) >= 11 is 0. The molecule has 0 aromatic rings. The van der Waals surface area contributed by atoms with Gasteiger partial charge in [-0.05, 0) is 86.4 Å². The molecule has 1 N–H and O–H groups in total. The molecule has 5 heteroatoms. The number of Topliss-reactive ketones (excluding diaryl/α,β-unsaturated/α-hetero) is 1. The average Bonchev–Trinajstić information content (AvgIpc) is 3.15. The second-order valence-corrected chi connectivity index (χ2v) is 11.6. The van der Waals surface area contributed by atoms with Gasteiger partial charge in [-0.1, -0.05) is 20.3 Å². The Labute approximate surface area is 195 Å². The fourth-order valence-corrected chi connectivity index (χ4v) is 8.60. The Balaban J connectivity index is 1.40. The third kappa shape index (κ3) is 4.53. The Bertz CT molecular complexity index is 674. The van der Waals surface area contributed by atoms with Gasteiger partial charge in [-0.3, -0.25) is 14.5 Å². The van der Waals surface area contributed by atoms with Gasteiger partial charge in [0.1, 0.15) is 5.78 Å². The predicted octanol–water partition coefficient (Wildman–Crippen LogP) is 3.99. The summed E-state index contributed by atoms with van der Waals surface area (Å²) in [4.78, 5) is 29.3. The zero-order chi connectivity index (χ0) is 22.9. The standard InChI is InChI=1S/C27H46N2O3/c1-4-20-7-8-23-22(21(20)6-5-17-30)11-12-27(3)24(23)9-10-25(27)26(32)18-28-13-15-29(16-14-28)19(2)31/h20-25,30H,4-18H2,1-3H3/t20-,21-,22+,23+,24-,25+,27-/m0/s1. The summed E-state index contributed by atoms with van der Waals surface area (Å²) in [5.74, 6) is 4.75. The lowest BCUT2D eigenvalue weighted by molar-refractivity contribution is -0.133. The number of nitrogens with zero attached hydrogens (tertiary/aromatic N) is 2. The first-order valence-electron chi connectivity index (χ1n) is 13.5. The lowest BCUT2D eigenvalue weighted by atomic mass is 9.50. The summed E-state index contributed by atoms with van der Waals surface area (Å²) in [5, 5.41) is 9.45. The van der Waals surface area contributed by atoms with Crippen LogP contribution in [0.2, 0.25) is 0 Å². The number of ketones is 1. The van der Waals surface area contributed by atoms with Gasteiger partial charge in [0.2, 0.25) is 5.91 Å². The van der Waals surface area contributed by atoms with Gasteiger partial charge in [-0.2, -0.15) is 0 Å². The molecule has 1 aliphatic heterocycles. The fraction of sp³-hybridized carbons (Fsp3) is 0.926. The number of carbonyl (C=O) groups excluding carboxylic acids is 2. The van der Waals surface area contributed by atoms with E-state index < -0.39 is 0 Å². The van der Waals surface area contributed by atoms with E-state index in [4.69, 9.17) is 0 Å². The maximum Gasteiger partial charge on any atom is 0.219 e. The molecule has 4 rings (SSSR count). The minimum Gasteiger partial charge on any atom is -0.396 e. The molecule has 7 atom stereocenters. The van der Waals surface area contributed by atoms with Crippen molar-refractivity contribution in [2.45, 2.75) is 78.6 Å². The van der Waals surface area contributed by atoms with Crippen molar-refractivity contribution in [1.29, 1.82) is 0 Å². The summed E-state index contributed by atoms with van der Waals surface area (Å²) in [5.41, 5.74) is 0.181. The molecule has 1 saturated heterocycles. The smallest absolute Gasteiger partial charge is 0.219 e. The minimum absolute atomic E-state index is 0.147. The highest BCUT2D eigenvalue weighted by atomic mass is 16.3. The molecule has 1 amide bonds. The molecule has 32 heavy (non-hydrogen) atoms. The largest absolute Gasteiger partial charge is 0.396 e. The highest BCUT2D eigenvalue weighted by Gasteiger charge is 2.57. The van der Waals surface area contributed by atoms with Gasteiger partial charge in [0, 0.05) is 45.6 Å². The van der Waals surface area contributed by atoms with E-state index in [1.807, 2.05) is 4.90 Å². The second kappa shape index (κ2) is 10.1. The molecule has 0 radical (unpaired) electrons. The Morgan fingerprint density at radius 2 is 1.75 bits per heavy atom. The van der Waals surface area contributed by atoms with E-state index in [0.717, 1.165) is 62.7 Å². The van der Waals surface area contributed by atoms with Crippen molar-refractivity contribution >= 4 is 11.7 Å². The van der Waals surface area contributed by atoms with E-state index in [0.29, 0.717) is 24.9 Å². The highest BCUT2D eigenvalue weighted by molar-refractivity contribution is 5.84. The van der Waals surface area contributed by atoms with Crippen LogP contribution in [0.1, 0.15) is 78.6 Å². The van der Waals surface area contributed by atoms with Crippen LogP contribution in [0, 0.1) is 40.9 Å². The monoisotopic (exact) mass is 446 g/mol. The number of hydrogen-bond donors (Lipinski definition) is 1. The first-order chi connectivity index (χ1) is 15.4. The Kier molecular flexibility index (Phi) is 7.66.